The Morgan fingerprint density at radius 3 is 2.22 bits per heavy atom. The van der Waals surface area contributed by atoms with Crippen molar-refractivity contribution in [1.82, 2.24) is 5.32 Å². The molecule has 2 amide bonds. The number of amides is 2. The van der Waals surface area contributed by atoms with Gasteiger partial charge in [0.1, 0.15) is 34.5 Å². The molecule has 1 saturated carbocycles. The SMILES string of the molecule is CC(=O)CC(NC(=O)OC(C)(C)C)c1cc(NC(=O)c2cc(C(F)(F)F)c(C3CC3)cc2Oc2ccc(F)cc2C)ccc1F. The summed E-state index contributed by atoms with van der Waals surface area (Å²) in [6, 6.07) is 7.68. The largest absolute Gasteiger partial charge is 0.456 e. The van der Waals surface area contributed by atoms with Gasteiger partial charge in [-0.15, -0.1) is 0 Å². The third kappa shape index (κ3) is 8.80. The summed E-state index contributed by atoms with van der Waals surface area (Å²) in [7, 11) is 0. The molecular weight excluding hydrogens is 599 g/mol. The van der Waals surface area contributed by atoms with E-state index in [0.29, 0.717) is 24.5 Å². The van der Waals surface area contributed by atoms with E-state index in [9.17, 15) is 31.9 Å². The van der Waals surface area contributed by atoms with Crippen molar-refractivity contribution in [2.24, 2.45) is 0 Å². The second kappa shape index (κ2) is 12.9. The van der Waals surface area contributed by atoms with Gasteiger partial charge in [0.15, 0.2) is 0 Å². The van der Waals surface area contributed by atoms with Gasteiger partial charge in [0.25, 0.3) is 5.91 Å². The molecule has 3 aromatic carbocycles. The van der Waals surface area contributed by atoms with Crippen molar-refractivity contribution in [2.75, 3.05) is 5.32 Å². The molecule has 7 nitrogen and oxygen atoms in total. The Morgan fingerprint density at radius 1 is 0.956 bits per heavy atom. The molecule has 240 valence electrons. The van der Waals surface area contributed by atoms with Crippen LogP contribution in [-0.4, -0.2) is 23.4 Å². The lowest BCUT2D eigenvalue weighted by atomic mass is 9.98. The lowest BCUT2D eigenvalue weighted by Crippen LogP contribution is -2.36. The fraction of sp³-hybridized carbons (Fsp3) is 0.364. The summed E-state index contributed by atoms with van der Waals surface area (Å²) in [5.74, 6) is -3.13. The summed E-state index contributed by atoms with van der Waals surface area (Å²) in [5, 5.41) is 4.94. The Bertz CT molecular complexity index is 1630. The van der Waals surface area contributed by atoms with Crippen LogP contribution in [0.25, 0.3) is 0 Å². The van der Waals surface area contributed by atoms with Crippen LogP contribution in [0.1, 0.15) is 91.5 Å². The Kier molecular flexibility index (Phi) is 9.55. The number of Topliss-reactive ketones (excluding diaryl/α,β-unsaturated/α-hetero) is 1. The van der Waals surface area contributed by atoms with Crippen LogP contribution in [-0.2, 0) is 15.7 Å². The summed E-state index contributed by atoms with van der Waals surface area (Å²) in [5.41, 5.74) is -2.18. The van der Waals surface area contributed by atoms with Gasteiger partial charge in [0.2, 0.25) is 0 Å². The first kappa shape index (κ1) is 33.4. The fourth-order valence-electron chi connectivity index (χ4n) is 4.74. The van der Waals surface area contributed by atoms with Crippen molar-refractivity contribution in [3.05, 3.63) is 88.0 Å². The van der Waals surface area contributed by atoms with Crippen molar-refractivity contribution < 1.29 is 45.8 Å². The van der Waals surface area contributed by atoms with Crippen LogP contribution < -0.4 is 15.4 Å². The number of aryl methyl sites for hydroxylation is 1. The highest BCUT2D eigenvalue weighted by atomic mass is 19.4. The number of carbonyl (C=O) groups excluding carboxylic acids is 3. The van der Waals surface area contributed by atoms with E-state index in [1.165, 1.54) is 37.3 Å². The summed E-state index contributed by atoms with van der Waals surface area (Å²) in [6.07, 6.45) is -4.90. The minimum Gasteiger partial charge on any atom is -0.456 e. The lowest BCUT2D eigenvalue weighted by molar-refractivity contribution is -0.138. The van der Waals surface area contributed by atoms with Crippen molar-refractivity contribution in [3.8, 4) is 11.5 Å². The highest BCUT2D eigenvalue weighted by Gasteiger charge is 2.40. The Balaban J connectivity index is 1.72. The summed E-state index contributed by atoms with van der Waals surface area (Å²) < 4.78 is 82.3. The molecule has 12 heteroatoms. The molecule has 1 aliphatic carbocycles. The van der Waals surface area contributed by atoms with Gasteiger partial charge in [-0.3, -0.25) is 9.59 Å². The average Bonchev–Trinajstić information content (AvgIpc) is 3.74. The number of benzene rings is 3. The molecule has 1 atom stereocenters. The maximum absolute atomic E-state index is 15.0. The van der Waals surface area contributed by atoms with E-state index in [-0.39, 0.29) is 46.4 Å². The summed E-state index contributed by atoms with van der Waals surface area (Å²) in [4.78, 5) is 38.0. The van der Waals surface area contributed by atoms with Gasteiger partial charge in [-0.25, -0.2) is 13.6 Å². The zero-order valence-corrected chi connectivity index (χ0v) is 25.3. The molecule has 4 rings (SSSR count). The van der Waals surface area contributed by atoms with Crippen LogP contribution in [0.5, 0.6) is 11.5 Å². The number of nitrogens with one attached hydrogen (secondary N) is 2. The molecule has 1 aliphatic rings. The monoisotopic (exact) mass is 632 g/mol. The van der Waals surface area contributed by atoms with Gasteiger partial charge in [0, 0.05) is 17.7 Å². The zero-order chi connectivity index (χ0) is 33.3. The smallest absolute Gasteiger partial charge is 0.416 e. The van der Waals surface area contributed by atoms with E-state index in [2.05, 4.69) is 10.6 Å². The van der Waals surface area contributed by atoms with Gasteiger partial charge in [-0.1, -0.05) is 0 Å². The Labute approximate surface area is 257 Å². The topological polar surface area (TPSA) is 93.7 Å². The second-order valence-electron chi connectivity index (χ2n) is 12.0. The quantitative estimate of drug-likeness (QED) is 0.230. The Morgan fingerprint density at radius 2 is 1.64 bits per heavy atom. The van der Waals surface area contributed by atoms with Crippen LogP contribution in [0.3, 0.4) is 0 Å². The average molecular weight is 633 g/mol. The van der Waals surface area contributed by atoms with E-state index >= 15 is 4.39 Å². The van der Waals surface area contributed by atoms with E-state index in [4.69, 9.17) is 9.47 Å². The first-order valence-corrected chi connectivity index (χ1v) is 14.2. The number of halogens is 5. The van der Waals surface area contributed by atoms with Gasteiger partial charge >= 0.3 is 12.3 Å². The number of alkyl carbamates (subject to hydrolysis) is 1. The molecule has 1 unspecified atom stereocenters. The molecule has 0 aromatic heterocycles. The summed E-state index contributed by atoms with van der Waals surface area (Å²) >= 11 is 0. The Hall–Kier alpha value is -4.48. The van der Waals surface area contributed by atoms with E-state index < -0.39 is 52.6 Å². The van der Waals surface area contributed by atoms with Gasteiger partial charge in [-0.05, 0) is 113 Å². The van der Waals surface area contributed by atoms with Gasteiger partial charge in [0.05, 0.1) is 17.2 Å². The van der Waals surface area contributed by atoms with Crippen molar-refractivity contribution in [1.29, 1.82) is 0 Å². The number of ether oxygens (including phenoxy) is 2. The number of carbonyl (C=O) groups is 3. The minimum absolute atomic E-state index is 0.0156. The molecule has 0 spiro atoms. The van der Waals surface area contributed by atoms with Crippen LogP contribution in [0.4, 0.5) is 32.4 Å². The molecule has 0 aliphatic heterocycles. The normalized spacial score (nSPS) is 14.0. The number of rotatable bonds is 9. The number of hydrogen-bond donors (Lipinski definition) is 2. The van der Waals surface area contributed by atoms with Gasteiger partial charge < -0.3 is 20.1 Å². The molecule has 2 N–H and O–H groups in total. The highest BCUT2D eigenvalue weighted by Crippen LogP contribution is 2.48. The predicted octanol–water partition coefficient (Wildman–Crippen LogP) is 8.76. The number of anilines is 1. The lowest BCUT2D eigenvalue weighted by Gasteiger charge is -2.24. The maximum Gasteiger partial charge on any atom is 0.416 e. The molecule has 0 bridgehead atoms. The van der Waals surface area contributed by atoms with Crippen molar-refractivity contribution in [2.45, 2.75) is 77.6 Å². The van der Waals surface area contributed by atoms with Crippen LogP contribution in [0, 0.1) is 18.6 Å². The molecule has 0 radical (unpaired) electrons. The first-order valence-electron chi connectivity index (χ1n) is 14.2. The minimum atomic E-state index is -4.77. The van der Waals surface area contributed by atoms with E-state index in [1.807, 2.05) is 0 Å². The van der Waals surface area contributed by atoms with E-state index in [0.717, 1.165) is 12.1 Å². The highest BCUT2D eigenvalue weighted by molar-refractivity contribution is 6.06. The van der Waals surface area contributed by atoms with Crippen LogP contribution in [0.15, 0.2) is 48.5 Å². The van der Waals surface area contributed by atoms with Crippen LogP contribution >= 0.6 is 0 Å². The van der Waals surface area contributed by atoms with Crippen molar-refractivity contribution >= 4 is 23.5 Å². The molecule has 0 heterocycles. The molecular formula is C33H33F5N2O5. The second-order valence-corrected chi connectivity index (χ2v) is 12.0. The fourth-order valence-corrected chi connectivity index (χ4v) is 4.74. The van der Waals surface area contributed by atoms with E-state index in [1.54, 1.807) is 27.7 Å². The number of alkyl halides is 3. The third-order valence-corrected chi connectivity index (χ3v) is 6.89. The summed E-state index contributed by atoms with van der Waals surface area (Å²) in [6.45, 7) is 7.67. The molecule has 3 aromatic rings. The number of hydrogen-bond acceptors (Lipinski definition) is 5. The maximum atomic E-state index is 15.0. The molecule has 1 fully saturated rings. The zero-order valence-electron chi connectivity index (χ0n) is 25.3. The van der Waals surface area contributed by atoms with Crippen molar-refractivity contribution in [3.63, 3.8) is 0 Å². The first-order chi connectivity index (χ1) is 20.9. The molecule has 45 heavy (non-hydrogen) atoms. The van der Waals surface area contributed by atoms with Gasteiger partial charge in [-0.2, -0.15) is 13.2 Å². The van der Waals surface area contributed by atoms with Crippen LogP contribution in [0.2, 0.25) is 0 Å². The third-order valence-electron chi connectivity index (χ3n) is 6.89. The standard InChI is InChI=1S/C33H33F5N2O5/c1-17-12-20(34)8-11-28(17)44-29-16-22(19-6-7-19)25(33(36,37)38)15-24(29)30(42)39-21-9-10-26(35)23(14-21)27(13-18(2)41)40-31(43)45-32(3,4)5/h8-12,14-16,19,27H,6-7,13H2,1-5H3,(H,39,42)(H,40,43). The number of ketones is 1. The molecule has 0 saturated heterocycles. The predicted molar refractivity (Wildman–Crippen MR) is 156 cm³/mol.